The summed E-state index contributed by atoms with van der Waals surface area (Å²) in [6, 6.07) is 17.4. The molecule has 28 heavy (non-hydrogen) atoms. The third-order valence-corrected chi connectivity index (χ3v) is 5.61. The van der Waals surface area contributed by atoms with Crippen LogP contribution in [0.15, 0.2) is 54.6 Å². The quantitative estimate of drug-likeness (QED) is 0.505. The summed E-state index contributed by atoms with van der Waals surface area (Å²) < 4.78 is 0. The number of hydrogen-bond acceptors (Lipinski definition) is 4. The zero-order valence-corrected chi connectivity index (χ0v) is 16.4. The van der Waals surface area contributed by atoms with Crippen LogP contribution in [0.1, 0.15) is 45.9 Å². The van der Waals surface area contributed by atoms with E-state index >= 15 is 0 Å². The van der Waals surface area contributed by atoms with Gasteiger partial charge in [-0.3, -0.25) is 0 Å². The zero-order chi connectivity index (χ0) is 20.5. The minimum Gasteiger partial charge on any atom is -0.507 e. The number of rotatable bonds is 5. The van der Waals surface area contributed by atoms with Gasteiger partial charge in [0.2, 0.25) is 0 Å². The van der Waals surface area contributed by atoms with Gasteiger partial charge in [-0.1, -0.05) is 42.5 Å². The average Bonchev–Trinajstić information content (AvgIpc) is 2.71. The molecular formula is C24H26O4. The SMILES string of the molecule is Cc1cc(C(C)(c2ccccc2)c2cc(C)c(O)c(CO)c2)cc(CO)c1O. The maximum absolute atomic E-state index is 10.3. The third-order valence-electron chi connectivity index (χ3n) is 5.61. The number of hydrogen-bond donors (Lipinski definition) is 4. The van der Waals surface area contributed by atoms with Crippen molar-refractivity contribution in [3.05, 3.63) is 93.5 Å². The second-order valence-electron chi connectivity index (χ2n) is 7.41. The summed E-state index contributed by atoms with van der Waals surface area (Å²) in [6.07, 6.45) is 0. The van der Waals surface area contributed by atoms with Crippen molar-refractivity contribution in [2.75, 3.05) is 0 Å². The van der Waals surface area contributed by atoms with E-state index < -0.39 is 5.41 Å². The Morgan fingerprint density at radius 3 is 1.50 bits per heavy atom. The fourth-order valence-electron chi connectivity index (χ4n) is 3.80. The largest absolute Gasteiger partial charge is 0.507 e. The first-order valence-electron chi connectivity index (χ1n) is 9.26. The van der Waals surface area contributed by atoms with E-state index in [-0.39, 0.29) is 24.7 Å². The maximum Gasteiger partial charge on any atom is 0.124 e. The van der Waals surface area contributed by atoms with Crippen molar-refractivity contribution >= 4 is 0 Å². The van der Waals surface area contributed by atoms with Crippen LogP contribution in [0.3, 0.4) is 0 Å². The monoisotopic (exact) mass is 378 g/mol. The minimum absolute atomic E-state index is 0.0968. The topological polar surface area (TPSA) is 80.9 Å². The molecule has 0 bridgehead atoms. The van der Waals surface area contributed by atoms with Crippen LogP contribution in [0.4, 0.5) is 0 Å². The number of benzene rings is 3. The molecule has 0 atom stereocenters. The number of aliphatic hydroxyl groups excluding tert-OH is 2. The molecule has 0 spiro atoms. The molecule has 4 nitrogen and oxygen atoms in total. The second kappa shape index (κ2) is 7.66. The average molecular weight is 378 g/mol. The van der Waals surface area contributed by atoms with Gasteiger partial charge in [-0.15, -0.1) is 0 Å². The van der Waals surface area contributed by atoms with Gasteiger partial charge in [0.1, 0.15) is 11.5 Å². The fraction of sp³-hybridized carbons (Fsp3) is 0.250. The van der Waals surface area contributed by atoms with Gasteiger partial charge in [-0.25, -0.2) is 0 Å². The molecule has 0 amide bonds. The normalized spacial score (nSPS) is 11.6. The van der Waals surface area contributed by atoms with Crippen LogP contribution in [0, 0.1) is 13.8 Å². The van der Waals surface area contributed by atoms with Crippen LogP contribution in [0.5, 0.6) is 11.5 Å². The summed E-state index contributed by atoms with van der Waals surface area (Å²) in [7, 11) is 0. The van der Waals surface area contributed by atoms with Crippen molar-refractivity contribution in [3.8, 4) is 11.5 Å². The number of aromatic hydroxyl groups is 2. The first-order chi connectivity index (χ1) is 13.3. The second-order valence-corrected chi connectivity index (χ2v) is 7.41. The summed E-state index contributed by atoms with van der Waals surface area (Å²) in [5, 5.41) is 40.0. The van der Waals surface area contributed by atoms with Crippen LogP contribution >= 0.6 is 0 Å². The van der Waals surface area contributed by atoms with Crippen LogP contribution in [0.25, 0.3) is 0 Å². The Hall–Kier alpha value is -2.82. The van der Waals surface area contributed by atoms with E-state index in [1.807, 2.05) is 68.4 Å². The summed E-state index contributed by atoms with van der Waals surface area (Å²) >= 11 is 0. The van der Waals surface area contributed by atoms with Crippen molar-refractivity contribution in [1.29, 1.82) is 0 Å². The van der Waals surface area contributed by atoms with E-state index in [1.165, 1.54) is 0 Å². The van der Waals surface area contributed by atoms with E-state index in [1.54, 1.807) is 0 Å². The van der Waals surface area contributed by atoms with Gasteiger partial charge < -0.3 is 20.4 Å². The maximum atomic E-state index is 10.3. The van der Waals surface area contributed by atoms with Gasteiger partial charge in [0.25, 0.3) is 0 Å². The molecule has 0 aliphatic carbocycles. The lowest BCUT2D eigenvalue weighted by Crippen LogP contribution is -2.26. The Balaban J connectivity index is 2.36. The highest BCUT2D eigenvalue weighted by molar-refractivity contribution is 5.57. The van der Waals surface area contributed by atoms with Crippen molar-refractivity contribution < 1.29 is 20.4 Å². The summed E-state index contributed by atoms with van der Waals surface area (Å²) in [5.74, 6) is 0.194. The lowest BCUT2D eigenvalue weighted by molar-refractivity contribution is 0.275. The highest BCUT2D eigenvalue weighted by Gasteiger charge is 2.33. The molecule has 0 saturated heterocycles. The van der Waals surface area contributed by atoms with Crippen molar-refractivity contribution in [1.82, 2.24) is 0 Å². The Morgan fingerprint density at radius 1 is 0.679 bits per heavy atom. The molecule has 0 heterocycles. The Morgan fingerprint density at radius 2 is 1.11 bits per heavy atom. The smallest absolute Gasteiger partial charge is 0.124 e. The molecule has 0 aliphatic heterocycles. The van der Waals surface area contributed by atoms with Crippen molar-refractivity contribution in [3.63, 3.8) is 0 Å². The summed E-state index contributed by atoms with van der Waals surface area (Å²) in [6.45, 7) is 5.17. The van der Waals surface area contributed by atoms with Gasteiger partial charge in [0.05, 0.1) is 13.2 Å². The Labute approximate surface area is 165 Å². The van der Waals surface area contributed by atoms with Crippen molar-refractivity contribution in [2.45, 2.75) is 39.4 Å². The molecule has 3 aromatic carbocycles. The number of aryl methyl sites for hydroxylation is 2. The van der Waals surface area contributed by atoms with Gasteiger partial charge in [-0.05, 0) is 60.7 Å². The molecule has 0 fully saturated rings. The molecule has 3 rings (SSSR count). The predicted octanol–water partition coefficient (Wildman–Crippen LogP) is 4.05. The van der Waals surface area contributed by atoms with Crippen LogP contribution in [-0.4, -0.2) is 20.4 Å². The first kappa shape index (κ1) is 19.9. The molecule has 3 aromatic rings. The Kier molecular flexibility index (Phi) is 5.45. The standard InChI is InChI=1S/C24H26O4/c1-15-9-20(11-17(13-25)22(15)27)24(3,19-7-5-4-6-8-19)21-10-16(2)23(28)18(12-21)14-26/h4-12,25-28H,13-14H2,1-3H3. The van der Waals surface area contributed by atoms with Crippen molar-refractivity contribution in [2.24, 2.45) is 0 Å². The van der Waals surface area contributed by atoms with E-state index in [0.29, 0.717) is 22.3 Å². The van der Waals surface area contributed by atoms with Gasteiger partial charge in [0, 0.05) is 16.5 Å². The van der Waals surface area contributed by atoms with Gasteiger partial charge >= 0.3 is 0 Å². The summed E-state index contributed by atoms with van der Waals surface area (Å²) in [4.78, 5) is 0. The van der Waals surface area contributed by atoms with E-state index in [0.717, 1.165) is 16.7 Å². The minimum atomic E-state index is -0.619. The lowest BCUT2D eigenvalue weighted by atomic mass is 9.69. The van der Waals surface area contributed by atoms with E-state index in [9.17, 15) is 20.4 Å². The molecule has 4 heteroatoms. The van der Waals surface area contributed by atoms with Crippen LogP contribution < -0.4 is 0 Å². The number of phenols is 2. The molecule has 0 aliphatic rings. The zero-order valence-electron chi connectivity index (χ0n) is 16.4. The molecule has 146 valence electrons. The molecule has 0 radical (unpaired) electrons. The van der Waals surface area contributed by atoms with E-state index in [2.05, 4.69) is 6.92 Å². The Bertz CT molecular complexity index is 934. The molecule has 0 saturated carbocycles. The summed E-state index contributed by atoms with van der Waals surface area (Å²) in [5.41, 5.74) is 4.52. The fourth-order valence-corrected chi connectivity index (χ4v) is 3.80. The van der Waals surface area contributed by atoms with Crippen LogP contribution in [0.2, 0.25) is 0 Å². The van der Waals surface area contributed by atoms with E-state index in [4.69, 9.17) is 0 Å². The van der Waals surface area contributed by atoms with Gasteiger partial charge in [-0.2, -0.15) is 0 Å². The van der Waals surface area contributed by atoms with Crippen LogP contribution in [-0.2, 0) is 18.6 Å². The molecule has 0 aromatic heterocycles. The molecule has 4 N–H and O–H groups in total. The van der Waals surface area contributed by atoms with Gasteiger partial charge in [0.15, 0.2) is 0 Å². The number of aliphatic hydroxyl groups is 2. The third kappa shape index (κ3) is 3.26. The predicted molar refractivity (Wildman–Crippen MR) is 110 cm³/mol. The molecule has 0 unspecified atom stereocenters. The highest BCUT2D eigenvalue weighted by atomic mass is 16.3. The molecular weight excluding hydrogens is 352 g/mol. The first-order valence-corrected chi connectivity index (χ1v) is 9.26. The highest BCUT2D eigenvalue weighted by Crippen LogP contribution is 2.43. The lowest BCUT2D eigenvalue weighted by Gasteiger charge is -2.33.